The topological polar surface area (TPSA) is 63.2 Å². The fraction of sp³-hybridized carbons (Fsp3) is 0.100. The van der Waals surface area contributed by atoms with Crippen LogP contribution in [0.4, 0.5) is 17.1 Å². The maximum absolute atomic E-state index is 12.4. The molecule has 0 unspecified atom stereocenters. The molecule has 2 N–H and O–H groups in total. The molecule has 3 aromatic rings. The third-order valence-corrected chi connectivity index (χ3v) is 4.07. The third-order valence-electron chi connectivity index (χ3n) is 3.83. The number of carbonyl (C=O) groups excluding carboxylic acids is 1. The number of benzene rings is 2. The largest absolute Gasteiger partial charge is 0.495 e. The van der Waals surface area contributed by atoms with E-state index in [0.29, 0.717) is 22.2 Å². The second-order valence-corrected chi connectivity index (χ2v) is 6.11. The molecule has 0 spiro atoms. The first-order valence-corrected chi connectivity index (χ1v) is 8.38. The molecule has 1 aromatic heterocycles. The molecule has 1 amide bonds. The number of aromatic nitrogens is 1. The number of carbonyl (C=O) groups is 1. The summed E-state index contributed by atoms with van der Waals surface area (Å²) in [4.78, 5) is 16.6. The Morgan fingerprint density at radius 1 is 1.08 bits per heavy atom. The molecule has 0 aliphatic rings. The molecule has 6 heteroatoms. The van der Waals surface area contributed by atoms with Gasteiger partial charge < -0.3 is 15.4 Å². The predicted octanol–water partition coefficient (Wildman–Crippen LogP) is 5.05. The Morgan fingerprint density at radius 3 is 2.62 bits per heavy atom. The van der Waals surface area contributed by atoms with Crippen LogP contribution in [-0.2, 0) is 0 Å². The van der Waals surface area contributed by atoms with Crippen molar-refractivity contribution >= 4 is 34.6 Å². The van der Waals surface area contributed by atoms with Gasteiger partial charge in [-0.2, -0.15) is 0 Å². The smallest absolute Gasteiger partial charge is 0.274 e. The summed E-state index contributed by atoms with van der Waals surface area (Å²) in [5.74, 6) is 0.288. The van der Waals surface area contributed by atoms with Gasteiger partial charge in [-0.1, -0.05) is 29.8 Å². The summed E-state index contributed by atoms with van der Waals surface area (Å²) in [6.45, 7) is 1.99. The number of para-hydroxylation sites is 2. The van der Waals surface area contributed by atoms with Crippen LogP contribution in [0.3, 0.4) is 0 Å². The van der Waals surface area contributed by atoms with Crippen molar-refractivity contribution in [1.29, 1.82) is 0 Å². The van der Waals surface area contributed by atoms with E-state index in [1.54, 1.807) is 37.6 Å². The number of rotatable bonds is 5. The molecule has 0 radical (unpaired) electrons. The van der Waals surface area contributed by atoms with Crippen molar-refractivity contribution in [3.05, 3.63) is 77.1 Å². The summed E-state index contributed by atoms with van der Waals surface area (Å²) < 4.78 is 5.23. The number of methoxy groups -OCH3 is 1. The van der Waals surface area contributed by atoms with Crippen molar-refractivity contribution in [2.75, 3.05) is 17.7 Å². The van der Waals surface area contributed by atoms with E-state index in [1.165, 1.54) is 0 Å². The average molecular weight is 368 g/mol. The molecule has 0 bridgehead atoms. The molecular weight excluding hydrogens is 350 g/mol. The highest BCUT2D eigenvalue weighted by atomic mass is 35.5. The number of hydrogen-bond donors (Lipinski definition) is 2. The van der Waals surface area contributed by atoms with Crippen LogP contribution >= 0.6 is 11.6 Å². The second kappa shape index (κ2) is 7.89. The van der Waals surface area contributed by atoms with Gasteiger partial charge in [0.15, 0.2) is 0 Å². The number of nitrogens with zero attached hydrogens (tertiary/aromatic N) is 1. The lowest BCUT2D eigenvalue weighted by Crippen LogP contribution is -2.14. The lowest BCUT2D eigenvalue weighted by molar-refractivity contribution is 0.102. The summed E-state index contributed by atoms with van der Waals surface area (Å²) in [6, 6.07) is 16.3. The van der Waals surface area contributed by atoms with Crippen molar-refractivity contribution in [3.8, 4) is 5.75 Å². The van der Waals surface area contributed by atoms with E-state index in [4.69, 9.17) is 16.3 Å². The third kappa shape index (κ3) is 4.13. The number of ether oxygens (including phenoxy) is 1. The zero-order valence-corrected chi connectivity index (χ0v) is 15.2. The second-order valence-electron chi connectivity index (χ2n) is 5.67. The van der Waals surface area contributed by atoms with E-state index in [0.717, 1.165) is 16.9 Å². The van der Waals surface area contributed by atoms with Crippen LogP contribution < -0.4 is 15.4 Å². The highest BCUT2D eigenvalue weighted by molar-refractivity contribution is 6.30. The molecule has 0 atom stereocenters. The summed E-state index contributed by atoms with van der Waals surface area (Å²) in [7, 11) is 1.56. The van der Waals surface area contributed by atoms with Gasteiger partial charge in [0.2, 0.25) is 0 Å². The number of nitrogens with one attached hydrogen (secondary N) is 2. The first-order valence-electron chi connectivity index (χ1n) is 8.00. The van der Waals surface area contributed by atoms with Gasteiger partial charge in [0.25, 0.3) is 5.91 Å². The number of hydrogen-bond acceptors (Lipinski definition) is 4. The molecule has 5 nitrogen and oxygen atoms in total. The zero-order chi connectivity index (χ0) is 18.5. The molecule has 0 fully saturated rings. The van der Waals surface area contributed by atoms with Crippen molar-refractivity contribution in [1.82, 2.24) is 4.98 Å². The van der Waals surface area contributed by atoms with Gasteiger partial charge in [-0.05, 0) is 48.9 Å². The summed E-state index contributed by atoms with van der Waals surface area (Å²) in [5, 5.41) is 6.70. The molecule has 3 rings (SSSR count). The van der Waals surface area contributed by atoms with E-state index in [1.807, 2.05) is 37.3 Å². The Morgan fingerprint density at radius 2 is 1.88 bits per heavy atom. The molecule has 0 saturated heterocycles. The van der Waals surface area contributed by atoms with E-state index >= 15 is 0 Å². The van der Waals surface area contributed by atoms with Gasteiger partial charge in [-0.3, -0.25) is 4.79 Å². The minimum Gasteiger partial charge on any atom is -0.495 e. The van der Waals surface area contributed by atoms with Crippen LogP contribution in [-0.4, -0.2) is 18.0 Å². The fourth-order valence-electron chi connectivity index (χ4n) is 2.42. The molecular formula is C20H18ClN3O2. The van der Waals surface area contributed by atoms with Gasteiger partial charge in [0, 0.05) is 10.7 Å². The highest BCUT2D eigenvalue weighted by Gasteiger charge is 2.11. The van der Waals surface area contributed by atoms with Crippen LogP contribution in [0.1, 0.15) is 16.1 Å². The molecule has 0 aliphatic carbocycles. The lowest BCUT2D eigenvalue weighted by atomic mass is 10.2. The Balaban J connectivity index is 1.73. The maximum Gasteiger partial charge on any atom is 0.274 e. The Hall–Kier alpha value is -3.05. The van der Waals surface area contributed by atoms with Crippen LogP contribution in [0.2, 0.25) is 5.02 Å². The number of halogens is 1. The molecule has 0 aliphatic heterocycles. The minimum absolute atomic E-state index is 0.306. The van der Waals surface area contributed by atoms with Gasteiger partial charge in [0.05, 0.1) is 24.7 Å². The van der Waals surface area contributed by atoms with Crippen LogP contribution in [0.25, 0.3) is 0 Å². The average Bonchev–Trinajstić information content (AvgIpc) is 2.65. The van der Waals surface area contributed by atoms with Gasteiger partial charge in [0.1, 0.15) is 11.4 Å². The summed E-state index contributed by atoms with van der Waals surface area (Å²) in [5.41, 5.74) is 3.63. The zero-order valence-electron chi connectivity index (χ0n) is 14.4. The maximum atomic E-state index is 12.4. The van der Waals surface area contributed by atoms with Gasteiger partial charge in [-0.15, -0.1) is 0 Å². The summed E-state index contributed by atoms with van der Waals surface area (Å²) >= 11 is 6.03. The first kappa shape index (κ1) is 17.8. The fourth-order valence-corrected chi connectivity index (χ4v) is 2.59. The van der Waals surface area contributed by atoms with Crippen LogP contribution in [0.5, 0.6) is 5.75 Å². The standard InChI is InChI=1S/C20H18ClN3O2/c1-13-7-8-14(21)11-18(13)23-15-9-10-17(22-12-15)20(25)24-16-5-3-4-6-19(16)26-2/h3-12,23H,1-2H3,(H,24,25). The number of amides is 1. The van der Waals surface area contributed by atoms with E-state index in [-0.39, 0.29) is 5.91 Å². The highest BCUT2D eigenvalue weighted by Crippen LogP contribution is 2.25. The van der Waals surface area contributed by atoms with E-state index in [2.05, 4.69) is 15.6 Å². The van der Waals surface area contributed by atoms with Crippen molar-refractivity contribution < 1.29 is 9.53 Å². The Labute approximate surface area is 157 Å². The molecule has 2 aromatic carbocycles. The lowest BCUT2D eigenvalue weighted by Gasteiger charge is -2.11. The normalized spacial score (nSPS) is 10.3. The van der Waals surface area contributed by atoms with Crippen LogP contribution in [0.15, 0.2) is 60.8 Å². The summed E-state index contributed by atoms with van der Waals surface area (Å²) in [6.07, 6.45) is 1.61. The predicted molar refractivity (Wildman–Crippen MR) is 105 cm³/mol. The van der Waals surface area contributed by atoms with Crippen molar-refractivity contribution in [2.24, 2.45) is 0 Å². The van der Waals surface area contributed by atoms with Crippen molar-refractivity contribution in [3.63, 3.8) is 0 Å². The quantitative estimate of drug-likeness (QED) is 0.662. The SMILES string of the molecule is COc1ccccc1NC(=O)c1ccc(Nc2cc(Cl)ccc2C)cn1. The molecule has 26 heavy (non-hydrogen) atoms. The van der Waals surface area contributed by atoms with Gasteiger partial charge >= 0.3 is 0 Å². The molecule has 132 valence electrons. The first-order chi connectivity index (χ1) is 12.6. The Bertz CT molecular complexity index is 927. The number of pyridine rings is 1. The van der Waals surface area contributed by atoms with Crippen LogP contribution in [0, 0.1) is 6.92 Å². The molecule has 0 saturated carbocycles. The number of anilines is 3. The monoisotopic (exact) mass is 367 g/mol. The van der Waals surface area contributed by atoms with E-state index < -0.39 is 0 Å². The Kier molecular flexibility index (Phi) is 5.39. The molecule has 1 heterocycles. The minimum atomic E-state index is -0.306. The van der Waals surface area contributed by atoms with E-state index in [9.17, 15) is 4.79 Å². The van der Waals surface area contributed by atoms with Crippen molar-refractivity contribution in [2.45, 2.75) is 6.92 Å². The van der Waals surface area contributed by atoms with Gasteiger partial charge in [-0.25, -0.2) is 4.98 Å². The number of aryl methyl sites for hydroxylation is 1.